The molecule has 4 nitrogen and oxygen atoms in total. The van der Waals surface area contributed by atoms with Crippen molar-refractivity contribution < 1.29 is 4.79 Å². The molecule has 1 unspecified atom stereocenters. The molecule has 1 atom stereocenters. The predicted molar refractivity (Wildman–Crippen MR) is 64.0 cm³/mol. The van der Waals surface area contributed by atoms with Gasteiger partial charge in [0.05, 0.1) is 6.42 Å². The average molecular weight is 223 g/mol. The number of aryl methyl sites for hydroxylation is 1. The van der Waals surface area contributed by atoms with Gasteiger partial charge in [0.1, 0.15) is 11.6 Å². The Labute approximate surface area is 96.9 Å². The van der Waals surface area contributed by atoms with Gasteiger partial charge in [0.15, 0.2) is 0 Å². The second kappa shape index (κ2) is 5.80. The summed E-state index contributed by atoms with van der Waals surface area (Å²) in [7, 11) is 0. The second-order valence-corrected chi connectivity index (χ2v) is 4.36. The fourth-order valence-corrected chi connectivity index (χ4v) is 1.86. The fraction of sp³-hybridized carbons (Fsp3) is 0.667. The number of nitrogens with two attached hydrogens (primary N) is 1. The number of carbonyl (C=O) groups is 1. The van der Waals surface area contributed by atoms with E-state index in [9.17, 15) is 4.79 Å². The van der Waals surface area contributed by atoms with Crippen LogP contribution in [0.1, 0.15) is 26.6 Å². The van der Waals surface area contributed by atoms with E-state index in [1.54, 1.807) is 6.20 Å². The zero-order chi connectivity index (χ0) is 12.1. The van der Waals surface area contributed by atoms with E-state index in [4.69, 9.17) is 5.73 Å². The standard InChI is InChI=1S/C12H21N3O/c1-4-15-6-5-14-12(15)7-11(16)10(8-13)9(2)3/h5-6,9-10H,4,7-8,13H2,1-3H3. The number of hydrogen-bond donors (Lipinski definition) is 1. The smallest absolute Gasteiger partial charge is 0.144 e. The van der Waals surface area contributed by atoms with Crippen LogP contribution in [0.3, 0.4) is 0 Å². The quantitative estimate of drug-likeness (QED) is 0.789. The Bertz CT molecular complexity index is 344. The Morgan fingerprint density at radius 2 is 2.25 bits per heavy atom. The van der Waals surface area contributed by atoms with Gasteiger partial charge in [0.25, 0.3) is 0 Å². The van der Waals surface area contributed by atoms with Crippen molar-refractivity contribution in [3.8, 4) is 0 Å². The maximum absolute atomic E-state index is 12.0. The fourth-order valence-electron chi connectivity index (χ4n) is 1.86. The number of hydrogen-bond acceptors (Lipinski definition) is 3. The van der Waals surface area contributed by atoms with Crippen LogP contribution in [0.5, 0.6) is 0 Å². The summed E-state index contributed by atoms with van der Waals surface area (Å²) in [5.74, 6) is 1.27. The minimum absolute atomic E-state index is 0.0537. The first kappa shape index (κ1) is 12.9. The molecule has 0 spiro atoms. The molecular formula is C12H21N3O. The normalized spacial score (nSPS) is 13.1. The third-order valence-corrected chi connectivity index (χ3v) is 2.95. The van der Waals surface area contributed by atoms with Gasteiger partial charge in [-0.2, -0.15) is 0 Å². The average Bonchev–Trinajstić information content (AvgIpc) is 2.65. The molecule has 2 N–H and O–H groups in total. The van der Waals surface area contributed by atoms with Gasteiger partial charge < -0.3 is 10.3 Å². The molecule has 0 bridgehead atoms. The van der Waals surface area contributed by atoms with Crippen molar-refractivity contribution >= 4 is 5.78 Å². The van der Waals surface area contributed by atoms with Crippen molar-refractivity contribution in [2.75, 3.05) is 6.54 Å². The summed E-state index contributed by atoms with van der Waals surface area (Å²) in [6.07, 6.45) is 4.02. The molecule has 4 heteroatoms. The summed E-state index contributed by atoms with van der Waals surface area (Å²) in [6, 6.07) is 0. The molecule has 1 aromatic heterocycles. The van der Waals surface area contributed by atoms with Crippen molar-refractivity contribution in [1.29, 1.82) is 0 Å². The van der Waals surface area contributed by atoms with Crippen molar-refractivity contribution in [3.05, 3.63) is 18.2 Å². The summed E-state index contributed by atoms with van der Waals surface area (Å²) in [5.41, 5.74) is 5.63. The van der Waals surface area contributed by atoms with E-state index in [0.717, 1.165) is 12.4 Å². The molecule has 90 valence electrons. The highest BCUT2D eigenvalue weighted by atomic mass is 16.1. The molecule has 1 heterocycles. The van der Waals surface area contributed by atoms with Gasteiger partial charge in [-0.15, -0.1) is 0 Å². The lowest BCUT2D eigenvalue weighted by Gasteiger charge is -2.17. The minimum atomic E-state index is -0.0537. The number of rotatable bonds is 6. The van der Waals surface area contributed by atoms with Gasteiger partial charge in [0, 0.05) is 31.4 Å². The number of ketones is 1. The van der Waals surface area contributed by atoms with E-state index in [0.29, 0.717) is 18.9 Å². The molecule has 0 amide bonds. The van der Waals surface area contributed by atoms with E-state index in [2.05, 4.69) is 4.98 Å². The highest BCUT2D eigenvalue weighted by Crippen LogP contribution is 2.13. The van der Waals surface area contributed by atoms with Gasteiger partial charge in [-0.05, 0) is 12.8 Å². The molecule has 1 rings (SSSR count). The maximum atomic E-state index is 12.0. The predicted octanol–water partition coefficient (Wildman–Crippen LogP) is 1.25. The van der Waals surface area contributed by atoms with Crippen molar-refractivity contribution in [2.24, 2.45) is 17.6 Å². The molecule has 0 aliphatic heterocycles. The highest BCUT2D eigenvalue weighted by Gasteiger charge is 2.21. The molecule has 0 radical (unpaired) electrons. The van der Waals surface area contributed by atoms with E-state index >= 15 is 0 Å². The number of nitrogens with zero attached hydrogens (tertiary/aromatic N) is 2. The minimum Gasteiger partial charge on any atom is -0.335 e. The summed E-state index contributed by atoms with van der Waals surface area (Å²) in [6.45, 7) is 7.36. The van der Waals surface area contributed by atoms with Crippen LogP contribution >= 0.6 is 0 Å². The molecular weight excluding hydrogens is 202 g/mol. The topological polar surface area (TPSA) is 60.9 Å². The van der Waals surface area contributed by atoms with Crippen LogP contribution in [-0.4, -0.2) is 21.9 Å². The summed E-state index contributed by atoms with van der Waals surface area (Å²) in [4.78, 5) is 16.2. The highest BCUT2D eigenvalue weighted by molar-refractivity contribution is 5.83. The lowest BCUT2D eigenvalue weighted by molar-refractivity contribution is -0.123. The number of Topliss-reactive ketones (excluding diaryl/α,β-unsaturated/α-hetero) is 1. The first-order valence-corrected chi connectivity index (χ1v) is 5.82. The van der Waals surface area contributed by atoms with Crippen LogP contribution in [0.15, 0.2) is 12.4 Å². The lowest BCUT2D eigenvalue weighted by Crippen LogP contribution is -2.30. The molecule has 1 aromatic rings. The Hall–Kier alpha value is -1.16. The maximum Gasteiger partial charge on any atom is 0.144 e. The zero-order valence-corrected chi connectivity index (χ0v) is 10.3. The van der Waals surface area contributed by atoms with Crippen LogP contribution in [0.25, 0.3) is 0 Å². The van der Waals surface area contributed by atoms with Crippen LogP contribution in [0.2, 0.25) is 0 Å². The largest absolute Gasteiger partial charge is 0.335 e. The molecule has 0 aromatic carbocycles. The Balaban J connectivity index is 2.70. The lowest BCUT2D eigenvalue weighted by atomic mass is 9.90. The zero-order valence-electron chi connectivity index (χ0n) is 10.3. The van der Waals surface area contributed by atoms with Gasteiger partial charge in [0.2, 0.25) is 0 Å². The van der Waals surface area contributed by atoms with Gasteiger partial charge >= 0.3 is 0 Å². The third kappa shape index (κ3) is 2.92. The number of aromatic nitrogens is 2. The summed E-state index contributed by atoms with van der Waals surface area (Å²) < 4.78 is 1.99. The van der Waals surface area contributed by atoms with E-state index in [1.807, 2.05) is 31.5 Å². The molecule has 0 saturated heterocycles. The van der Waals surface area contributed by atoms with Crippen molar-refractivity contribution in [2.45, 2.75) is 33.7 Å². The van der Waals surface area contributed by atoms with Crippen LogP contribution in [0, 0.1) is 11.8 Å². The molecule has 0 aliphatic rings. The molecule has 0 saturated carbocycles. The first-order chi connectivity index (χ1) is 7.60. The van der Waals surface area contributed by atoms with Crippen LogP contribution in [0.4, 0.5) is 0 Å². The Kier molecular flexibility index (Phi) is 4.68. The summed E-state index contributed by atoms with van der Waals surface area (Å²) >= 11 is 0. The summed E-state index contributed by atoms with van der Waals surface area (Å²) in [5, 5.41) is 0. The van der Waals surface area contributed by atoms with Gasteiger partial charge in [-0.3, -0.25) is 4.79 Å². The number of carbonyl (C=O) groups excluding carboxylic acids is 1. The first-order valence-electron chi connectivity index (χ1n) is 5.82. The second-order valence-electron chi connectivity index (χ2n) is 4.36. The monoisotopic (exact) mass is 223 g/mol. The van der Waals surface area contributed by atoms with Crippen LogP contribution in [-0.2, 0) is 17.8 Å². The van der Waals surface area contributed by atoms with Gasteiger partial charge in [-0.1, -0.05) is 13.8 Å². The van der Waals surface area contributed by atoms with Crippen molar-refractivity contribution in [1.82, 2.24) is 9.55 Å². The Morgan fingerprint density at radius 3 is 2.75 bits per heavy atom. The molecule has 0 aliphatic carbocycles. The van der Waals surface area contributed by atoms with Gasteiger partial charge in [-0.25, -0.2) is 4.98 Å². The third-order valence-electron chi connectivity index (χ3n) is 2.95. The SMILES string of the molecule is CCn1ccnc1CC(=O)C(CN)C(C)C. The molecule has 0 fully saturated rings. The van der Waals surface area contributed by atoms with E-state index in [1.165, 1.54) is 0 Å². The number of imidazole rings is 1. The van der Waals surface area contributed by atoms with E-state index < -0.39 is 0 Å². The van der Waals surface area contributed by atoms with Crippen molar-refractivity contribution in [3.63, 3.8) is 0 Å². The van der Waals surface area contributed by atoms with E-state index in [-0.39, 0.29) is 11.7 Å². The Morgan fingerprint density at radius 1 is 1.56 bits per heavy atom. The molecule has 16 heavy (non-hydrogen) atoms. The van der Waals surface area contributed by atoms with Crippen LogP contribution < -0.4 is 5.73 Å².